The Morgan fingerprint density at radius 3 is 0.762 bits per heavy atom. The minimum atomic E-state index is 1.07. The number of hydrogen-bond donors (Lipinski definition) is 0. The highest BCUT2D eigenvalue weighted by Crippen LogP contribution is 2.37. The minimum Gasteiger partial charge on any atom is -0.0588 e. The molecule has 0 aliphatic heterocycles. The van der Waals surface area contributed by atoms with Crippen LogP contribution in [0.3, 0.4) is 0 Å². The third kappa shape index (κ3) is 4.94. The quantitative estimate of drug-likeness (QED) is 0.168. The van der Waals surface area contributed by atoms with E-state index in [-0.39, 0.29) is 0 Å². The van der Waals surface area contributed by atoms with Crippen molar-refractivity contribution in [2.45, 2.75) is 64.2 Å². The number of benzene rings is 6. The summed E-state index contributed by atoms with van der Waals surface area (Å²) in [6, 6.07) is 42.9. The van der Waals surface area contributed by atoms with Crippen LogP contribution in [0.1, 0.15) is 55.6 Å². The van der Waals surface area contributed by atoms with Crippen molar-refractivity contribution in [1.82, 2.24) is 0 Å². The molecule has 0 amide bonds. The maximum atomic E-state index is 2.47. The predicted molar refractivity (Wildman–Crippen MR) is 178 cm³/mol. The van der Waals surface area contributed by atoms with Crippen molar-refractivity contribution in [2.75, 3.05) is 0 Å². The van der Waals surface area contributed by atoms with Crippen molar-refractivity contribution in [3.05, 3.63) is 165 Å². The molecular formula is C42H38. The zero-order valence-corrected chi connectivity index (χ0v) is 24.5. The Morgan fingerprint density at radius 1 is 0.214 bits per heavy atom. The molecule has 0 unspecified atom stereocenters. The van der Waals surface area contributed by atoms with Crippen LogP contribution in [0, 0.1) is 0 Å². The molecule has 0 heteroatoms. The van der Waals surface area contributed by atoms with Gasteiger partial charge in [0.15, 0.2) is 0 Å². The van der Waals surface area contributed by atoms with Gasteiger partial charge in [-0.15, -0.1) is 0 Å². The van der Waals surface area contributed by atoms with Gasteiger partial charge in [-0.05, 0) is 141 Å². The van der Waals surface area contributed by atoms with Crippen molar-refractivity contribution in [3.63, 3.8) is 0 Å². The molecule has 0 radical (unpaired) electrons. The Balaban J connectivity index is 1.31. The summed E-state index contributed by atoms with van der Waals surface area (Å²) in [4.78, 5) is 0. The second kappa shape index (κ2) is 10.9. The normalized spacial score (nSPS) is 15.1. The lowest BCUT2D eigenvalue weighted by Crippen LogP contribution is -2.03. The van der Waals surface area contributed by atoms with Gasteiger partial charge in [0.1, 0.15) is 0 Å². The van der Waals surface area contributed by atoms with Gasteiger partial charge in [-0.1, -0.05) is 109 Å². The Bertz CT molecular complexity index is 1890. The van der Waals surface area contributed by atoms with Gasteiger partial charge in [0.2, 0.25) is 0 Å². The van der Waals surface area contributed by atoms with Crippen molar-refractivity contribution in [2.24, 2.45) is 0 Å². The monoisotopic (exact) mass is 542 g/mol. The molecule has 6 aromatic carbocycles. The Hall–Kier alpha value is -4.16. The van der Waals surface area contributed by atoms with Crippen LogP contribution in [0.2, 0.25) is 0 Å². The fraction of sp³-hybridized carbons (Fsp3) is 0.238. The van der Waals surface area contributed by atoms with Crippen molar-refractivity contribution in [1.29, 1.82) is 0 Å². The first-order valence-electron chi connectivity index (χ1n) is 16.0. The molecule has 9 aliphatic carbocycles. The van der Waals surface area contributed by atoms with Crippen LogP contribution in [-0.2, 0) is 64.2 Å². The van der Waals surface area contributed by atoms with E-state index in [0.717, 1.165) is 64.2 Å². The van der Waals surface area contributed by atoms with E-state index in [1.54, 1.807) is 0 Å². The van der Waals surface area contributed by atoms with Crippen molar-refractivity contribution in [3.8, 4) is 0 Å². The lowest BCUT2D eigenvalue weighted by molar-refractivity contribution is 0.927. The third-order valence-corrected chi connectivity index (χ3v) is 10.0. The molecule has 0 heterocycles. The van der Waals surface area contributed by atoms with Crippen LogP contribution >= 0.6 is 0 Å². The number of aryl methyl sites for hydroxylation is 10. The lowest BCUT2D eigenvalue weighted by atomic mass is 9.84. The highest BCUT2D eigenvalue weighted by atomic mass is 14.2. The summed E-state index contributed by atoms with van der Waals surface area (Å²) in [5.41, 5.74) is 14.6. The maximum absolute atomic E-state index is 2.47. The molecule has 6 aromatic rings. The van der Waals surface area contributed by atoms with E-state index in [1.807, 2.05) is 0 Å². The summed E-state index contributed by atoms with van der Waals surface area (Å²) in [6.45, 7) is 0. The predicted octanol–water partition coefficient (Wildman–Crippen LogP) is 9.55. The van der Waals surface area contributed by atoms with E-state index in [0.29, 0.717) is 0 Å². The third-order valence-electron chi connectivity index (χ3n) is 10.0. The molecule has 0 spiro atoms. The average Bonchev–Trinajstić information content (AvgIpc) is 3.03. The zero-order chi connectivity index (χ0) is 27.9. The molecule has 0 saturated heterocycles. The standard InChI is InChI=1S/C42H38/c1-2-30-5-9-33(10-6-30)17-21-37-25-23-35(19-15-31-7-3-29(1)4-8-31)39-27-28-40-36-20-16-32-11-13-34(14-12-32)18-22-38(26-24-36)42(40)41(37)39/h3-14,23-28H,1-2,15-22H2. The van der Waals surface area contributed by atoms with Crippen LogP contribution in [-0.4, -0.2) is 0 Å². The molecule has 15 rings (SSSR count). The molecular weight excluding hydrogens is 504 g/mol. The molecule has 9 aliphatic rings. The van der Waals surface area contributed by atoms with Gasteiger partial charge in [-0.2, -0.15) is 0 Å². The smallest absolute Gasteiger partial charge is 0.00675 e. The molecule has 0 fully saturated rings. The summed E-state index contributed by atoms with van der Waals surface area (Å²) >= 11 is 0. The molecule has 0 atom stereocenters. The molecule has 0 nitrogen and oxygen atoms in total. The van der Waals surface area contributed by atoms with Crippen LogP contribution in [0.5, 0.6) is 0 Å². The molecule has 0 aromatic heterocycles. The first kappa shape index (κ1) is 25.5. The molecule has 42 heavy (non-hydrogen) atoms. The molecule has 0 saturated carbocycles. The first-order chi connectivity index (χ1) is 20.8. The van der Waals surface area contributed by atoms with Crippen molar-refractivity contribution >= 4 is 21.5 Å². The van der Waals surface area contributed by atoms with E-state index in [1.165, 1.54) is 77.2 Å². The summed E-state index contributed by atoms with van der Waals surface area (Å²) in [5.74, 6) is 0. The van der Waals surface area contributed by atoms with Gasteiger partial charge in [0.25, 0.3) is 0 Å². The highest BCUT2D eigenvalue weighted by molar-refractivity contribution is 6.12. The van der Waals surface area contributed by atoms with Crippen LogP contribution in [0.15, 0.2) is 109 Å². The van der Waals surface area contributed by atoms with Gasteiger partial charge in [-0.25, -0.2) is 0 Å². The lowest BCUT2D eigenvalue weighted by Gasteiger charge is -2.20. The summed E-state index contributed by atoms with van der Waals surface area (Å²) in [5, 5.41) is 5.96. The van der Waals surface area contributed by atoms with Crippen LogP contribution < -0.4 is 0 Å². The van der Waals surface area contributed by atoms with Crippen LogP contribution in [0.25, 0.3) is 21.5 Å². The van der Waals surface area contributed by atoms with E-state index < -0.39 is 0 Å². The van der Waals surface area contributed by atoms with Gasteiger partial charge in [-0.3, -0.25) is 0 Å². The summed E-state index contributed by atoms with van der Waals surface area (Å²) in [7, 11) is 0. The fourth-order valence-electron chi connectivity index (χ4n) is 7.43. The van der Waals surface area contributed by atoms with Gasteiger partial charge >= 0.3 is 0 Å². The Kier molecular flexibility index (Phi) is 6.64. The van der Waals surface area contributed by atoms with Gasteiger partial charge in [0.05, 0.1) is 0 Å². The second-order valence-corrected chi connectivity index (χ2v) is 12.6. The van der Waals surface area contributed by atoms with Gasteiger partial charge in [0, 0.05) is 0 Å². The largest absolute Gasteiger partial charge is 0.0588 e. The minimum absolute atomic E-state index is 1.07. The van der Waals surface area contributed by atoms with E-state index >= 15 is 0 Å². The maximum Gasteiger partial charge on any atom is -0.00675 e. The average molecular weight is 543 g/mol. The Labute approximate surface area is 250 Å². The second-order valence-electron chi connectivity index (χ2n) is 12.6. The zero-order valence-electron chi connectivity index (χ0n) is 24.5. The van der Waals surface area contributed by atoms with Crippen molar-refractivity contribution < 1.29 is 0 Å². The van der Waals surface area contributed by atoms with E-state index in [4.69, 9.17) is 0 Å². The molecule has 10 bridgehead atoms. The van der Waals surface area contributed by atoms with Crippen LogP contribution in [0.4, 0.5) is 0 Å². The molecule has 206 valence electrons. The van der Waals surface area contributed by atoms with E-state index in [2.05, 4.69) is 109 Å². The number of hydrogen-bond acceptors (Lipinski definition) is 0. The SMILES string of the molecule is c1cc2ccc1CCc1ccc(cc1)CCc1ccc(c3ccc4c5ccc(c4c13)CCc1ccc(cc1)CC5)CC2. The van der Waals surface area contributed by atoms with Gasteiger partial charge < -0.3 is 0 Å². The summed E-state index contributed by atoms with van der Waals surface area (Å²) in [6.07, 6.45) is 10.8. The molecule has 0 N–H and O–H groups in total. The first-order valence-corrected chi connectivity index (χ1v) is 16.0. The fourth-order valence-corrected chi connectivity index (χ4v) is 7.43. The number of rotatable bonds is 0. The van der Waals surface area contributed by atoms with E-state index in [9.17, 15) is 0 Å². The highest BCUT2D eigenvalue weighted by Gasteiger charge is 2.17. The Morgan fingerprint density at radius 2 is 0.452 bits per heavy atom. The summed E-state index contributed by atoms with van der Waals surface area (Å²) < 4.78 is 0. The topological polar surface area (TPSA) is 0 Å².